The summed E-state index contributed by atoms with van der Waals surface area (Å²) in [5.41, 5.74) is 4.55. The SMILES string of the molecule is Cc1c(Br)cccc1/C=C(\F)c1ccc(C=O)c(OCc2cncc(C3CCCN3C)c2)c1. The first-order chi connectivity index (χ1) is 16.0. The van der Waals surface area contributed by atoms with Crippen LogP contribution in [0.25, 0.3) is 11.9 Å². The van der Waals surface area contributed by atoms with Gasteiger partial charge in [-0.1, -0.05) is 34.1 Å². The number of halogens is 2. The molecule has 1 saturated heterocycles. The summed E-state index contributed by atoms with van der Waals surface area (Å²) in [5, 5.41) is 0. The fourth-order valence-electron chi connectivity index (χ4n) is 4.17. The first-order valence-electron chi connectivity index (χ1n) is 10.9. The van der Waals surface area contributed by atoms with Gasteiger partial charge < -0.3 is 4.74 Å². The van der Waals surface area contributed by atoms with Crippen LogP contribution >= 0.6 is 15.9 Å². The van der Waals surface area contributed by atoms with Gasteiger partial charge in [0, 0.05) is 34.0 Å². The molecule has 0 radical (unpaired) electrons. The second-order valence-electron chi connectivity index (χ2n) is 8.37. The first-order valence-corrected chi connectivity index (χ1v) is 11.7. The zero-order valence-electron chi connectivity index (χ0n) is 18.7. The monoisotopic (exact) mass is 508 g/mol. The highest BCUT2D eigenvalue weighted by Gasteiger charge is 2.23. The number of aldehydes is 1. The number of nitrogens with zero attached hydrogens (tertiary/aromatic N) is 2. The number of hydrogen-bond donors (Lipinski definition) is 0. The van der Waals surface area contributed by atoms with Crippen molar-refractivity contribution in [3.63, 3.8) is 0 Å². The van der Waals surface area contributed by atoms with Crippen LogP contribution in [0, 0.1) is 6.92 Å². The minimum atomic E-state index is -0.397. The Hall–Kier alpha value is -2.83. The lowest BCUT2D eigenvalue weighted by atomic mass is 10.0. The summed E-state index contributed by atoms with van der Waals surface area (Å²) >= 11 is 3.48. The van der Waals surface area contributed by atoms with Crippen LogP contribution in [0.2, 0.25) is 0 Å². The molecule has 1 atom stereocenters. The Morgan fingerprint density at radius 3 is 2.85 bits per heavy atom. The lowest BCUT2D eigenvalue weighted by Gasteiger charge is -2.20. The van der Waals surface area contributed by atoms with E-state index in [2.05, 4.69) is 38.9 Å². The predicted octanol–water partition coefficient (Wildman–Crippen LogP) is 6.78. The van der Waals surface area contributed by atoms with Gasteiger partial charge in [-0.25, -0.2) is 4.39 Å². The maximum Gasteiger partial charge on any atom is 0.153 e. The lowest BCUT2D eigenvalue weighted by molar-refractivity contribution is 0.111. The van der Waals surface area contributed by atoms with Gasteiger partial charge >= 0.3 is 0 Å². The largest absolute Gasteiger partial charge is 0.488 e. The van der Waals surface area contributed by atoms with E-state index >= 15 is 4.39 Å². The topological polar surface area (TPSA) is 42.4 Å². The van der Waals surface area contributed by atoms with Crippen molar-refractivity contribution in [3.05, 3.63) is 92.7 Å². The van der Waals surface area contributed by atoms with Crippen LogP contribution in [0.4, 0.5) is 4.39 Å². The maximum absolute atomic E-state index is 15.1. The Balaban J connectivity index is 1.55. The summed E-state index contributed by atoms with van der Waals surface area (Å²) < 4.78 is 21.9. The summed E-state index contributed by atoms with van der Waals surface area (Å²) in [7, 11) is 2.13. The van der Waals surface area contributed by atoms with Crippen molar-refractivity contribution in [2.24, 2.45) is 0 Å². The van der Waals surface area contributed by atoms with Crippen molar-refractivity contribution >= 4 is 34.1 Å². The molecular weight excluding hydrogens is 483 g/mol. The van der Waals surface area contributed by atoms with Crippen LogP contribution in [0.15, 0.2) is 59.3 Å². The molecule has 1 aliphatic rings. The summed E-state index contributed by atoms with van der Waals surface area (Å²) in [6, 6.07) is 12.9. The van der Waals surface area contributed by atoms with Crippen molar-refractivity contribution in [2.75, 3.05) is 13.6 Å². The van der Waals surface area contributed by atoms with E-state index in [9.17, 15) is 4.79 Å². The molecule has 2 aromatic carbocycles. The lowest BCUT2D eigenvalue weighted by Crippen LogP contribution is -2.17. The zero-order chi connectivity index (χ0) is 23.4. The van der Waals surface area contributed by atoms with Gasteiger partial charge in [0.2, 0.25) is 0 Å². The molecule has 0 spiro atoms. The molecule has 0 aliphatic carbocycles. The Labute approximate surface area is 202 Å². The molecule has 1 fully saturated rings. The fourth-order valence-corrected chi connectivity index (χ4v) is 4.55. The molecule has 33 heavy (non-hydrogen) atoms. The molecule has 1 unspecified atom stereocenters. The van der Waals surface area contributed by atoms with Crippen LogP contribution < -0.4 is 4.74 Å². The minimum absolute atomic E-state index is 0.248. The van der Waals surface area contributed by atoms with Gasteiger partial charge in [0.15, 0.2) is 6.29 Å². The summed E-state index contributed by atoms with van der Waals surface area (Å²) in [4.78, 5) is 18.3. The van der Waals surface area contributed by atoms with E-state index in [4.69, 9.17) is 4.74 Å². The van der Waals surface area contributed by atoms with E-state index in [1.165, 1.54) is 18.1 Å². The Kier molecular flexibility index (Phi) is 7.36. The number of rotatable bonds is 7. The quantitative estimate of drug-likeness (QED) is 0.260. The number of pyridine rings is 1. The minimum Gasteiger partial charge on any atom is -0.488 e. The van der Waals surface area contributed by atoms with Crippen LogP contribution in [-0.4, -0.2) is 29.8 Å². The average Bonchev–Trinajstić information content (AvgIpc) is 3.26. The predicted molar refractivity (Wildman–Crippen MR) is 133 cm³/mol. The molecule has 0 saturated carbocycles. The average molecular weight is 509 g/mol. The molecule has 1 aliphatic heterocycles. The van der Waals surface area contributed by atoms with Crippen LogP contribution in [0.5, 0.6) is 5.75 Å². The zero-order valence-corrected chi connectivity index (χ0v) is 20.3. The van der Waals surface area contributed by atoms with E-state index in [-0.39, 0.29) is 6.61 Å². The fraction of sp³-hybridized carbons (Fsp3) is 0.259. The molecule has 0 N–H and O–H groups in total. The van der Waals surface area contributed by atoms with Gasteiger partial charge in [-0.15, -0.1) is 0 Å². The number of benzene rings is 2. The number of hydrogen-bond acceptors (Lipinski definition) is 4. The molecule has 4 nitrogen and oxygen atoms in total. The van der Waals surface area contributed by atoms with Crippen molar-refractivity contribution in [2.45, 2.75) is 32.4 Å². The first kappa shape index (κ1) is 23.3. The van der Waals surface area contributed by atoms with Gasteiger partial charge in [0.25, 0.3) is 0 Å². The molecule has 3 aromatic rings. The van der Waals surface area contributed by atoms with E-state index in [0.29, 0.717) is 22.9 Å². The number of likely N-dealkylation sites (tertiary alicyclic amines) is 1. The standard InChI is InChI=1S/C27H26BrFN2O2/c1-18-20(5-3-6-24(18)28)12-25(29)21-8-9-22(16-32)27(13-21)33-17-19-11-23(15-30-14-19)26-7-4-10-31(26)2/h3,5-6,8-9,11-16,26H,4,7,10,17H2,1-2H3/b25-12-. The molecule has 0 bridgehead atoms. The molecule has 2 heterocycles. The summed E-state index contributed by atoms with van der Waals surface area (Å²) in [6.07, 6.45) is 8.17. The number of carbonyl (C=O) groups is 1. The van der Waals surface area contributed by atoms with E-state index in [1.807, 2.05) is 31.3 Å². The van der Waals surface area contributed by atoms with Gasteiger partial charge in [0.05, 0.1) is 5.56 Å². The Morgan fingerprint density at radius 1 is 1.24 bits per heavy atom. The third-order valence-corrected chi connectivity index (χ3v) is 6.98. The summed E-state index contributed by atoms with van der Waals surface area (Å²) in [6.45, 7) is 3.26. The Morgan fingerprint density at radius 2 is 2.09 bits per heavy atom. The normalized spacial score (nSPS) is 16.7. The van der Waals surface area contributed by atoms with Crippen molar-refractivity contribution in [3.8, 4) is 5.75 Å². The molecule has 0 amide bonds. The second kappa shape index (κ2) is 10.4. The number of aromatic nitrogens is 1. The molecule has 170 valence electrons. The summed E-state index contributed by atoms with van der Waals surface area (Å²) in [5.74, 6) is -0.0492. The third-order valence-electron chi connectivity index (χ3n) is 6.12. The second-order valence-corrected chi connectivity index (χ2v) is 9.22. The highest BCUT2D eigenvalue weighted by molar-refractivity contribution is 9.10. The number of ether oxygens (including phenoxy) is 1. The van der Waals surface area contributed by atoms with E-state index < -0.39 is 5.83 Å². The van der Waals surface area contributed by atoms with Gasteiger partial charge in [-0.3, -0.25) is 14.7 Å². The number of carbonyl (C=O) groups excluding carboxylic acids is 1. The third kappa shape index (κ3) is 5.40. The van der Waals surface area contributed by atoms with Crippen molar-refractivity contribution < 1.29 is 13.9 Å². The van der Waals surface area contributed by atoms with E-state index in [1.54, 1.807) is 24.4 Å². The smallest absolute Gasteiger partial charge is 0.153 e. The highest BCUT2D eigenvalue weighted by atomic mass is 79.9. The maximum atomic E-state index is 15.1. The van der Waals surface area contributed by atoms with Crippen LogP contribution in [-0.2, 0) is 6.61 Å². The highest BCUT2D eigenvalue weighted by Crippen LogP contribution is 2.31. The Bertz CT molecular complexity index is 1190. The van der Waals surface area contributed by atoms with Crippen molar-refractivity contribution in [1.82, 2.24) is 9.88 Å². The molecule has 1 aromatic heterocycles. The molecule has 4 rings (SSSR count). The van der Waals surface area contributed by atoms with E-state index in [0.717, 1.165) is 40.4 Å². The van der Waals surface area contributed by atoms with Gasteiger partial charge in [-0.05, 0) is 80.4 Å². The molecular formula is C27H26BrFN2O2. The van der Waals surface area contributed by atoms with Gasteiger partial charge in [0.1, 0.15) is 18.2 Å². The molecule has 6 heteroatoms. The van der Waals surface area contributed by atoms with Crippen LogP contribution in [0.3, 0.4) is 0 Å². The van der Waals surface area contributed by atoms with Crippen LogP contribution in [0.1, 0.15) is 57.1 Å². The van der Waals surface area contributed by atoms with Gasteiger partial charge in [-0.2, -0.15) is 0 Å². The van der Waals surface area contributed by atoms with Crippen molar-refractivity contribution in [1.29, 1.82) is 0 Å².